The van der Waals surface area contributed by atoms with Gasteiger partial charge < -0.3 is 15.7 Å². The molecule has 1 saturated heterocycles. The lowest BCUT2D eigenvalue weighted by atomic mass is 9.94. The molecule has 1 aromatic heterocycles. The third-order valence-corrected chi connectivity index (χ3v) is 4.07. The fourth-order valence-electron chi connectivity index (χ4n) is 2.79. The standard InChI is InChI=1S/C16H26N4O2/c1-12-9-20(10-14-5-3-4-7-17-14)8-6-15(12)19-16(22)18-13(2)11-21/h3-5,7,12-13,15,21H,6,8-11H2,1-2H3,(H2,18,19,22)/t12?,13-,15?/m0/s1. The van der Waals surface area contributed by atoms with Crippen LogP contribution in [0.1, 0.15) is 26.0 Å². The maximum atomic E-state index is 11.8. The number of likely N-dealkylation sites (tertiary alicyclic amines) is 1. The molecule has 0 saturated carbocycles. The Kier molecular flexibility index (Phi) is 6.15. The summed E-state index contributed by atoms with van der Waals surface area (Å²) < 4.78 is 0. The summed E-state index contributed by atoms with van der Waals surface area (Å²) in [6, 6.07) is 5.72. The average molecular weight is 306 g/mol. The molecule has 0 aliphatic carbocycles. The Morgan fingerprint density at radius 3 is 3.00 bits per heavy atom. The normalized spacial score (nSPS) is 23.8. The Morgan fingerprint density at radius 1 is 1.55 bits per heavy atom. The van der Waals surface area contributed by atoms with Gasteiger partial charge in [-0.15, -0.1) is 0 Å². The number of rotatable bonds is 5. The minimum Gasteiger partial charge on any atom is -0.394 e. The van der Waals surface area contributed by atoms with Gasteiger partial charge in [0.15, 0.2) is 0 Å². The van der Waals surface area contributed by atoms with Gasteiger partial charge in [-0.25, -0.2) is 4.79 Å². The van der Waals surface area contributed by atoms with Gasteiger partial charge in [0.25, 0.3) is 0 Å². The second-order valence-corrected chi connectivity index (χ2v) is 6.13. The third-order valence-electron chi connectivity index (χ3n) is 4.07. The number of piperidine rings is 1. The summed E-state index contributed by atoms with van der Waals surface area (Å²) in [6.45, 7) is 6.62. The molecule has 0 bridgehead atoms. The molecule has 0 spiro atoms. The largest absolute Gasteiger partial charge is 0.394 e. The van der Waals surface area contributed by atoms with Crippen molar-refractivity contribution >= 4 is 6.03 Å². The van der Waals surface area contributed by atoms with Crippen LogP contribution in [-0.4, -0.2) is 52.8 Å². The average Bonchev–Trinajstić information content (AvgIpc) is 2.51. The number of aliphatic hydroxyl groups excluding tert-OH is 1. The Hall–Kier alpha value is -1.66. The van der Waals surface area contributed by atoms with Crippen molar-refractivity contribution in [3.63, 3.8) is 0 Å². The predicted octanol–water partition coefficient (Wildman–Crippen LogP) is 0.972. The SMILES string of the molecule is CC1CN(Cc2ccccn2)CCC1NC(=O)N[C@@H](C)CO. The van der Waals surface area contributed by atoms with E-state index in [0.717, 1.165) is 31.7 Å². The zero-order valence-corrected chi connectivity index (χ0v) is 13.3. The number of nitrogens with one attached hydrogen (secondary N) is 2. The van der Waals surface area contributed by atoms with Crippen LogP contribution in [0.2, 0.25) is 0 Å². The molecule has 3 atom stereocenters. The number of hydrogen-bond donors (Lipinski definition) is 3. The van der Waals surface area contributed by atoms with Gasteiger partial charge in [-0.2, -0.15) is 0 Å². The highest BCUT2D eigenvalue weighted by Gasteiger charge is 2.27. The van der Waals surface area contributed by atoms with E-state index >= 15 is 0 Å². The summed E-state index contributed by atoms with van der Waals surface area (Å²) in [5, 5.41) is 14.7. The number of carbonyl (C=O) groups is 1. The molecule has 1 fully saturated rings. The molecule has 2 rings (SSSR count). The second kappa shape index (κ2) is 8.10. The summed E-state index contributed by atoms with van der Waals surface area (Å²) in [6.07, 6.45) is 2.74. The van der Waals surface area contributed by atoms with Gasteiger partial charge in [-0.3, -0.25) is 9.88 Å². The fourth-order valence-corrected chi connectivity index (χ4v) is 2.79. The molecule has 3 N–H and O–H groups in total. The van der Waals surface area contributed by atoms with Crippen molar-refractivity contribution in [2.45, 2.75) is 38.9 Å². The van der Waals surface area contributed by atoms with Gasteiger partial charge in [0, 0.05) is 31.9 Å². The van der Waals surface area contributed by atoms with Crippen molar-refractivity contribution in [1.82, 2.24) is 20.5 Å². The molecule has 2 amide bonds. The summed E-state index contributed by atoms with van der Waals surface area (Å²) >= 11 is 0. The Bertz CT molecular complexity index is 468. The van der Waals surface area contributed by atoms with Gasteiger partial charge in [0.2, 0.25) is 0 Å². The van der Waals surface area contributed by atoms with Crippen molar-refractivity contribution in [3.8, 4) is 0 Å². The zero-order chi connectivity index (χ0) is 15.9. The first kappa shape index (κ1) is 16.7. The van der Waals surface area contributed by atoms with E-state index in [9.17, 15) is 4.79 Å². The van der Waals surface area contributed by atoms with E-state index in [0.29, 0.717) is 5.92 Å². The summed E-state index contributed by atoms with van der Waals surface area (Å²) in [5.41, 5.74) is 1.08. The molecule has 2 heterocycles. The van der Waals surface area contributed by atoms with Crippen LogP contribution in [0.15, 0.2) is 24.4 Å². The van der Waals surface area contributed by atoms with Gasteiger partial charge in [-0.1, -0.05) is 13.0 Å². The van der Waals surface area contributed by atoms with E-state index in [1.165, 1.54) is 0 Å². The molecule has 1 aromatic rings. The number of pyridine rings is 1. The number of aromatic nitrogens is 1. The number of hydrogen-bond acceptors (Lipinski definition) is 4. The molecule has 22 heavy (non-hydrogen) atoms. The van der Waals surface area contributed by atoms with E-state index in [1.807, 2.05) is 24.4 Å². The predicted molar refractivity (Wildman–Crippen MR) is 85.3 cm³/mol. The third kappa shape index (κ3) is 4.96. The van der Waals surface area contributed by atoms with Crippen LogP contribution < -0.4 is 10.6 Å². The lowest BCUT2D eigenvalue weighted by Gasteiger charge is -2.37. The van der Waals surface area contributed by atoms with Crippen LogP contribution in [-0.2, 0) is 6.54 Å². The number of carbonyl (C=O) groups excluding carboxylic acids is 1. The van der Waals surface area contributed by atoms with Crippen LogP contribution in [0.4, 0.5) is 4.79 Å². The quantitative estimate of drug-likeness (QED) is 0.757. The van der Waals surface area contributed by atoms with Crippen LogP contribution in [0.5, 0.6) is 0 Å². The Balaban J connectivity index is 1.79. The zero-order valence-electron chi connectivity index (χ0n) is 13.3. The minimum atomic E-state index is -0.223. The molecule has 0 aromatic carbocycles. The van der Waals surface area contributed by atoms with Crippen molar-refractivity contribution in [2.75, 3.05) is 19.7 Å². The van der Waals surface area contributed by atoms with Gasteiger partial charge in [0.05, 0.1) is 18.3 Å². The molecule has 6 heteroatoms. The maximum absolute atomic E-state index is 11.8. The van der Waals surface area contributed by atoms with E-state index in [1.54, 1.807) is 6.92 Å². The van der Waals surface area contributed by atoms with Crippen LogP contribution >= 0.6 is 0 Å². The Labute approximate surface area is 131 Å². The smallest absolute Gasteiger partial charge is 0.315 e. The highest BCUT2D eigenvalue weighted by atomic mass is 16.3. The first-order chi connectivity index (χ1) is 10.6. The van der Waals surface area contributed by atoms with Crippen LogP contribution in [0, 0.1) is 5.92 Å². The highest BCUT2D eigenvalue weighted by molar-refractivity contribution is 5.74. The molecular weight excluding hydrogens is 280 g/mol. The fraction of sp³-hybridized carbons (Fsp3) is 0.625. The van der Waals surface area contributed by atoms with Crippen molar-refractivity contribution in [1.29, 1.82) is 0 Å². The molecule has 1 aliphatic rings. The number of aliphatic hydroxyl groups is 1. The summed E-state index contributed by atoms with van der Waals surface area (Å²) in [4.78, 5) is 18.6. The van der Waals surface area contributed by atoms with Crippen molar-refractivity contribution < 1.29 is 9.90 Å². The molecule has 6 nitrogen and oxygen atoms in total. The molecule has 2 unspecified atom stereocenters. The summed E-state index contributed by atoms with van der Waals surface area (Å²) in [5.74, 6) is 0.382. The molecule has 122 valence electrons. The van der Waals surface area contributed by atoms with Crippen LogP contribution in [0.3, 0.4) is 0 Å². The van der Waals surface area contributed by atoms with E-state index < -0.39 is 0 Å². The lowest BCUT2D eigenvalue weighted by molar-refractivity contribution is 0.139. The first-order valence-electron chi connectivity index (χ1n) is 7.88. The maximum Gasteiger partial charge on any atom is 0.315 e. The van der Waals surface area contributed by atoms with E-state index in [2.05, 4.69) is 27.4 Å². The highest BCUT2D eigenvalue weighted by Crippen LogP contribution is 2.18. The van der Waals surface area contributed by atoms with E-state index in [-0.39, 0.29) is 24.7 Å². The first-order valence-corrected chi connectivity index (χ1v) is 7.88. The van der Waals surface area contributed by atoms with Crippen molar-refractivity contribution in [3.05, 3.63) is 30.1 Å². The number of amides is 2. The van der Waals surface area contributed by atoms with Crippen molar-refractivity contribution in [2.24, 2.45) is 5.92 Å². The van der Waals surface area contributed by atoms with E-state index in [4.69, 9.17) is 5.11 Å². The van der Waals surface area contributed by atoms with Gasteiger partial charge >= 0.3 is 6.03 Å². The summed E-state index contributed by atoms with van der Waals surface area (Å²) in [7, 11) is 0. The minimum absolute atomic E-state index is 0.0501. The van der Waals surface area contributed by atoms with Crippen LogP contribution in [0.25, 0.3) is 0 Å². The topological polar surface area (TPSA) is 77.5 Å². The second-order valence-electron chi connectivity index (χ2n) is 6.13. The molecule has 0 radical (unpaired) electrons. The number of urea groups is 1. The Morgan fingerprint density at radius 2 is 2.36 bits per heavy atom. The lowest BCUT2D eigenvalue weighted by Crippen LogP contribution is -2.53. The number of nitrogens with zero attached hydrogens (tertiary/aromatic N) is 2. The molecule has 1 aliphatic heterocycles. The monoisotopic (exact) mass is 306 g/mol. The van der Waals surface area contributed by atoms with Gasteiger partial charge in [-0.05, 0) is 31.4 Å². The van der Waals surface area contributed by atoms with Gasteiger partial charge in [0.1, 0.15) is 0 Å². The molecular formula is C16H26N4O2.